The van der Waals surface area contributed by atoms with Crippen molar-refractivity contribution in [3.05, 3.63) is 39.5 Å². The third-order valence-corrected chi connectivity index (χ3v) is 3.82. The quantitative estimate of drug-likeness (QED) is 0.880. The van der Waals surface area contributed by atoms with Crippen LogP contribution in [0, 0.1) is 0 Å². The number of halogens is 1. The monoisotopic (exact) mass is 306 g/mol. The van der Waals surface area contributed by atoms with Gasteiger partial charge >= 0.3 is 0 Å². The van der Waals surface area contributed by atoms with E-state index in [1.807, 2.05) is 12.1 Å². The number of hydrogen-bond acceptors (Lipinski definition) is 3. The molecule has 0 fully saturated rings. The van der Waals surface area contributed by atoms with Crippen LogP contribution in [0.4, 0.5) is 0 Å². The van der Waals surface area contributed by atoms with Gasteiger partial charge in [0.25, 0.3) is 5.91 Å². The summed E-state index contributed by atoms with van der Waals surface area (Å²) in [5.74, 6) is 0.446. The van der Waals surface area contributed by atoms with Crippen molar-refractivity contribution >= 4 is 21.8 Å². The molecule has 1 heterocycles. The van der Waals surface area contributed by atoms with Gasteiger partial charge in [0.05, 0.1) is 0 Å². The van der Waals surface area contributed by atoms with Gasteiger partial charge in [-0.2, -0.15) is 0 Å². The van der Waals surface area contributed by atoms with Crippen LogP contribution in [0.25, 0.3) is 11.3 Å². The Morgan fingerprint density at radius 1 is 1.56 bits per heavy atom. The first-order valence-electron chi connectivity index (χ1n) is 5.66. The molecule has 0 saturated heterocycles. The molecule has 92 valence electrons. The van der Waals surface area contributed by atoms with Crippen LogP contribution in [0.2, 0.25) is 0 Å². The lowest BCUT2D eigenvalue weighted by Gasteiger charge is -2.21. The zero-order valence-corrected chi connectivity index (χ0v) is 11.3. The van der Waals surface area contributed by atoms with Crippen molar-refractivity contribution in [2.45, 2.75) is 19.3 Å². The smallest absolute Gasteiger partial charge is 0.271 e. The average Bonchev–Trinajstić information content (AvgIpc) is 2.72. The molecular weight excluding hydrogens is 296 g/mol. The second kappa shape index (κ2) is 3.95. The summed E-state index contributed by atoms with van der Waals surface area (Å²) >= 11 is 3.44. The summed E-state index contributed by atoms with van der Waals surface area (Å²) in [5, 5.41) is 3.80. The Morgan fingerprint density at radius 2 is 2.33 bits per heavy atom. The van der Waals surface area contributed by atoms with E-state index in [-0.39, 0.29) is 5.69 Å². The van der Waals surface area contributed by atoms with E-state index in [2.05, 4.69) is 34.1 Å². The van der Waals surface area contributed by atoms with E-state index < -0.39 is 5.91 Å². The molecular formula is C13H11BrN2O2. The minimum Gasteiger partial charge on any atom is -0.364 e. The summed E-state index contributed by atoms with van der Waals surface area (Å²) in [5.41, 5.74) is 8.57. The van der Waals surface area contributed by atoms with Gasteiger partial charge in [-0.1, -0.05) is 34.1 Å². The maximum atomic E-state index is 11.3. The summed E-state index contributed by atoms with van der Waals surface area (Å²) in [6.45, 7) is 2.12. The van der Waals surface area contributed by atoms with E-state index in [0.717, 1.165) is 22.0 Å². The van der Waals surface area contributed by atoms with Crippen LogP contribution in [0.15, 0.2) is 27.2 Å². The highest BCUT2D eigenvalue weighted by Gasteiger charge is 2.30. The van der Waals surface area contributed by atoms with Gasteiger partial charge in [0.2, 0.25) is 0 Å². The lowest BCUT2D eigenvalue weighted by molar-refractivity contribution is 0.0991. The van der Waals surface area contributed by atoms with Crippen molar-refractivity contribution in [1.29, 1.82) is 0 Å². The summed E-state index contributed by atoms with van der Waals surface area (Å²) in [6.07, 6.45) is 0.728. The molecule has 1 aliphatic rings. The molecule has 1 unspecified atom stereocenters. The third-order valence-electron chi connectivity index (χ3n) is 3.32. The summed E-state index contributed by atoms with van der Waals surface area (Å²) in [6, 6.07) is 6.06. The van der Waals surface area contributed by atoms with Crippen molar-refractivity contribution in [3.63, 3.8) is 0 Å². The van der Waals surface area contributed by atoms with Gasteiger partial charge < -0.3 is 10.3 Å². The number of nitrogens with zero attached hydrogens (tertiary/aromatic N) is 1. The van der Waals surface area contributed by atoms with Crippen molar-refractivity contribution in [2.24, 2.45) is 5.73 Å². The van der Waals surface area contributed by atoms with Crippen LogP contribution in [0.5, 0.6) is 0 Å². The van der Waals surface area contributed by atoms with Crippen molar-refractivity contribution in [2.75, 3.05) is 0 Å². The molecule has 0 radical (unpaired) electrons. The molecule has 1 aliphatic carbocycles. The minimum atomic E-state index is -0.536. The fraction of sp³-hybridized carbons (Fsp3) is 0.231. The number of aromatic nitrogens is 1. The molecule has 0 saturated carbocycles. The standard InChI is InChI=1S/C13H11BrN2O2/c1-6-4-10-11(13(15)17)16-18-12(10)9-5-7(14)2-3-8(6)9/h2-3,5-6H,4H2,1H3,(H2,15,17). The van der Waals surface area contributed by atoms with Gasteiger partial charge in [-0.25, -0.2) is 0 Å². The highest BCUT2D eigenvalue weighted by atomic mass is 79.9. The van der Waals surface area contributed by atoms with Crippen LogP contribution in [0.1, 0.15) is 34.5 Å². The van der Waals surface area contributed by atoms with Crippen LogP contribution in [-0.4, -0.2) is 11.1 Å². The van der Waals surface area contributed by atoms with E-state index in [1.54, 1.807) is 0 Å². The number of nitrogens with two attached hydrogens (primary N) is 1. The number of carbonyl (C=O) groups excluding carboxylic acids is 1. The van der Waals surface area contributed by atoms with Crippen molar-refractivity contribution in [1.82, 2.24) is 5.16 Å². The second-order valence-corrected chi connectivity index (χ2v) is 5.46. The number of rotatable bonds is 1. The van der Waals surface area contributed by atoms with Crippen LogP contribution in [-0.2, 0) is 6.42 Å². The Morgan fingerprint density at radius 3 is 3.06 bits per heavy atom. The van der Waals surface area contributed by atoms with Crippen LogP contribution < -0.4 is 5.73 Å². The molecule has 2 N–H and O–H groups in total. The molecule has 0 aliphatic heterocycles. The lowest BCUT2D eigenvalue weighted by atomic mass is 9.82. The molecule has 4 nitrogen and oxygen atoms in total. The molecule has 5 heteroatoms. The highest BCUT2D eigenvalue weighted by Crippen LogP contribution is 2.41. The number of amides is 1. The van der Waals surface area contributed by atoms with E-state index in [4.69, 9.17) is 10.3 Å². The number of carbonyl (C=O) groups is 1. The SMILES string of the molecule is CC1Cc2c(C(N)=O)noc2-c2cc(Br)ccc21. The lowest BCUT2D eigenvalue weighted by Crippen LogP contribution is -2.16. The summed E-state index contributed by atoms with van der Waals surface area (Å²) in [7, 11) is 0. The van der Waals surface area contributed by atoms with Gasteiger partial charge in [-0.05, 0) is 30.0 Å². The molecule has 1 aromatic heterocycles. The summed E-state index contributed by atoms with van der Waals surface area (Å²) in [4.78, 5) is 11.3. The maximum Gasteiger partial charge on any atom is 0.271 e. The largest absolute Gasteiger partial charge is 0.364 e. The van der Waals surface area contributed by atoms with Crippen LogP contribution in [0.3, 0.4) is 0 Å². The Balaban J connectivity index is 2.27. The molecule has 0 bridgehead atoms. The molecule has 0 spiro atoms. The Kier molecular flexibility index (Phi) is 2.52. The van der Waals surface area contributed by atoms with Gasteiger partial charge in [0.15, 0.2) is 11.5 Å². The van der Waals surface area contributed by atoms with Crippen LogP contribution >= 0.6 is 15.9 Å². The van der Waals surface area contributed by atoms with Gasteiger partial charge in [-0.3, -0.25) is 4.79 Å². The number of primary amides is 1. The zero-order chi connectivity index (χ0) is 12.9. The number of benzene rings is 1. The van der Waals surface area contributed by atoms with E-state index in [1.165, 1.54) is 5.56 Å². The molecule has 3 rings (SSSR count). The number of fused-ring (bicyclic) bond motifs is 3. The second-order valence-electron chi connectivity index (χ2n) is 4.54. The molecule has 1 aromatic carbocycles. The third kappa shape index (κ3) is 1.58. The van der Waals surface area contributed by atoms with Gasteiger partial charge in [0, 0.05) is 15.6 Å². The first kappa shape index (κ1) is 11.5. The topological polar surface area (TPSA) is 69.1 Å². The molecule has 18 heavy (non-hydrogen) atoms. The predicted molar refractivity (Wildman–Crippen MR) is 70.3 cm³/mol. The molecule has 2 aromatic rings. The van der Waals surface area contributed by atoms with E-state index >= 15 is 0 Å². The Hall–Kier alpha value is -1.62. The van der Waals surface area contributed by atoms with Crippen molar-refractivity contribution in [3.8, 4) is 11.3 Å². The van der Waals surface area contributed by atoms with Crippen molar-refractivity contribution < 1.29 is 9.32 Å². The van der Waals surface area contributed by atoms with E-state index in [0.29, 0.717) is 11.7 Å². The maximum absolute atomic E-state index is 11.3. The first-order valence-corrected chi connectivity index (χ1v) is 6.45. The van der Waals surface area contributed by atoms with E-state index in [9.17, 15) is 4.79 Å². The predicted octanol–water partition coefficient (Wildman–Crippen LogP) is 2.86. The highest BCUT2D eigenvalue weighted by molar-refractivity contribution is 9.10. The molecule has 1 atom stereocenters. The number of hydrogen-bond donors (Lipinski definition) is 1. The normalized spacial score (nSPS) is 17.1. The first-order chi connectivity index (χ1) is 8.58. The zero-order valence-electron chi connectivity index (χ0n) is 9.74. The fourth-order valence-electron chi connectivity index (χ4n) is 2.47. The minimum absolute atomic E-state index is 0.252. The molecule has 1 amide bonds. The Bertz CT molecular complexity index is 648. The fourth-order valence-corrected chi connectivity index (χ4v) is 2.84. The Labute approximate surface area is 112 Å². The van der Waals surface area contributed by atoms with Gasteiger partial charge in [-0.15, -0.1) is 0 Å². The van der Waals surface area contributed by atoms with Gasteiger partial charge in [0.1, 0.15) is 0 Å². The average molecular weight is 307 g/mol. The summed E-state index contributed by atoms with van der Waals surface area (Å²) < 4.78 is 6.28.